The average Bonchev–Trinajstić information content (AvgIpc) is 2.18. The minimum atomic E-state index is 0.735. The van der Waals surface area contributed by atoms with Crippen LogP contribution < -0.4 is 0 Å². The summed E-state index contributed by atoms with van der Waals surface area (Å²) < 4.78 is 0. The summed E-state index contributed by atoms with van der Waals surface area (Å²) in [5.74, 6) is 0. The van der Waals surface area contributed by atoms with Crippen LogP contribution in [0.25, 0.3) is 6.08 Å². The molecule has 0 saturated heterocycles. The van der Waals surface area contributed by atoms with Gasteiger partial charge >= 0.3 is 0 Å². The Morgan fingerprint density at radius 2 is 2.07 bits per heavy atom. The molecule has 0 radical (unpaired) electrons. The van der Waals surface area contributed by atoms with Crippen LogP contribution in [0, 0.1) is 25.2 Å². The van der Waals surface area contributed by atoms with Crippen molar-refractivity contribution in [1.29, 1.82) is 5.26 Å². The lowest BCUT2D eigenvalue weighted by Crippen LogP contribution is -1.90. The number of benzene rings is 1. The molecule has 0 unspecified atom stereocenters. The fourth-order valence-electron chi connectivity index (χ4n) is 1.41. The third-order valence-corrected chi connectivity index (χ3v) is 2.25. The fourth-order valence-corrected chi connectivity index (χ4v) is 1.41. The molecule has 1 rings (SSSR count). The van der Waals surface area contributed by atoms with Gasteiger partial charge in [0.2, 0.25) is 0 Å². The topological polar surface area (TPSA) is 23.8 Å². The first-order valence-electron chi connectivity index (χ1n) is 4.50. The maximum atomic E-state index is 8.86. The number of rotatable bonds is 2. The lowest BCUT2D eigenvalue weighted by Gasteiger charge is -2.06. The molecule has 1 aromatic carbocycles. The van der Waals surface area contributed by atoms with Gasteiger partial charge in [0.25, 0.3) is 0 Å². The first-order chi connectivity index (χ1) is 6.70. The van der Waals surface area contributed by atoms with Gasteiger partial charge in [0, 0.05) is 0 Å². The monoisotopic (exact) mass is 183 g/mol. The maximum Gasteiger partial charge on any atom is 0.0994 e. The van der Waals surface area contributed by atoms with Crippen LogP contribution in [0.1, 0.15) is 22.3 Å². The van der Waals surface area contributed by atoms with Crippen molar-refractivity contribution >= 4 is 6.08 Å². The van der Waals surface area contributed by atoms with Crippen LogP contribution in [0.4, 0.5) is 0 Å². The van der Waals surface area contributed by atoms with E-state index in [0.29, 0.717) is 0 Å². The van der Waals surface area contributed by atoms with Crippen molar-refractivity contribution in [3.05, 3.63) is 53.1 Å². The number of hydrogen-bond donors (Lipinski definition) is 0. The van der Waals surface area contributed by atoms with E-state index in [-0.39, 0.29) is 0 Å². The summed E-state index contributed by atoms with van der Waals surface area (Å²) in [6, 6.07) is 6.00. The van der Waals surface area contributed by atoms with Crippen LogP contribution in [-0.4, -0.2) is 0 Å². The van der Waals surface area contributed by atoms with Crippen molar-refractivity contribution in [2.45, 2.75) is 13.8 Å². The zero-order chi connectivity index (χ0) is 10.6. The van der Waals surface area contributed by atoms with Gasteiger partial charge < -0.3 is 0 Å². The summed E-state index contributed by atoms with van der Waals surface area (Å²) >= 11 is 0. The third-order valence-electron chi connectivity index (χ3n) is 2.25. The summed E-state index contributed by atoms with van der Waals surface area (Å²) in [4.78, 5) is 0. The molecule has 1 aromatic rings. The zero-order valence-corrected chi connectivity index (χ0v) is 8.54. The zero-order valence-electron chi connectivity index (χ0n) is 8.54. The van der Waals surface area contributed by atoms with Gasteiger partial charge in [-0.3, -0.25) is 0 Å². The number of nitrogens with zero attached hydrogens (tertiary/aromatic N) is 1. The smallest absolute Gasteiger partial charge is 0.0994 e. The minimum absolute atomic E-state index is 0.735. The van der Waals surface area contributed by atoms with Crippen molar-refractivity contribution in [1.82, 2.24) is 0 Å². The molecule has 0 aliphatic carbocycles. The third kappa shape index (κ3) is 1.92. The SMILES string of the molecule is C=CC=Cc1c(C)ccc(C#N)c1C. The molecular weight excluding hydrogens is 170 g/mol. The van der Waals surface area contributed by atoms with Crippen molar-refractivity contribution in [2.24, 2.45) is 0 Å². The van der Waals surface area contributed by atoms with Crippen molar-refractivity contribution in [2.75, 3.05) is 0 Å². The number of hydrogen-bond acceptors (Lipinski definition) is 1. The van der Waals surface area contributed by atoms with Gasteiger partial charge in [-0.2, -0.15) is 5.26 Å². The highest BCUT2D eigenvalue weighted by Gasteiger charge is 2.03. The van der Waals surface area contributed by atoms with Gasteiger partial charge in [-0.1, -0.05) is 30.9 Å². The quantitative estimate of drug-likeness (QED) is 0.645. The molecule has 0 amide bonds. The second-order valence-electron chi connectivity index (χ2n) is 3.18. The van der Waals surface area contributed by atoms with Crippen molar-refractivity contribution in [3.8, 4) is 6.07 Å². The molecule has 0 N–H and O–H groups in total. The second-order valence-corrected chi connectivity index (χ2v) is 3.18. The molecule has 0 aliphatic heterocycles. The van der Waals surface area contributed by atoms with Crippen LogP contribution >= 0.6 is 0 Å². The molecular formula is C13H13N. The Morgan fingerprint density at radius 1 is 1.36 bits per heavy atom. The normalized spacial score (nSPS) is 10.1. The van der Waals surface area contributed by atoms with Crippen LogP contribution in [0.3, 0.4) is 0 Å². The predicted octanol–water partition coefficient (Wildman–Crippen LogP) is 3.37. The highest BCUT2D eigenvalue weighted by Crippen LogP contribution is 2.19. The molecule has 0 aliphatic rings. The highest BCUT2D eigenvalue weighted by molar-refractivity contribution is 5.62. The van der Waals surface area contributed by atoms with E-state index in [1.807, 2.05) is 38.1 Å². The second kappa shape index (κ2) is 4.43. The molecule has 0 fully saturated rings. The largest absolute Gasteiger partial charge is 0.192 e. The first kappa shape index (κ1) is 10.3. The molecule has 0 saturated carbocycles. The van der Waals surface area contributed by atoms with Gasteiger partial charge in [0.1, 0.15) is 0 Å². The Morgan fingerprint density at radius 3 is 2.64 bits per heavy atom. The molecule has 0 bridgehead atoms. The van der Waals surface area contributed by atoms with E-state index in [9.17, 15) is 0 Å². The highest BCUT2D eigenvalue weighted by atomic mass is 14.2. The molecule has 14 heavy (non-hydrogen) atoms. The summed E-state index contributed by atoms with van der Waals surface area (Å²) in [7, 11) is 0. The van der Waals surface area contributed by atoms with E-state index >= 15 is 0 Å². The molecule has 0 aromatic heterocycles. The summed E-state index contributed by atoms with van der Waals surface area (Å²) in [5, 5.41) is 8.86. The van der Waals surface area contributed by atoms with E-state index in [1.165, 1.54) is 5.56 Å². The summed E-state index contributed by atoms with van der Waals surface area (Å²) in [6.45, 7) is 7.63. The van der Waals surface area contributed by atoms with E-state index < -0.39 is 0 Å². The van der Waals surface area contributed by atoms with Gasteiger partial charge in [0.15, 0.2) is 0 Å². The van der Waals surface area contributed by atoms with Crippen molar-refractivity contribution in [3.63, 3.8) is 0 Å². The predicted molar refractivity (Wildman–Crippen MR) is 59.9 cm³/mol. The molecule has 0 heterocycles. The van der Waals surface area contributed by atoms with Crippen molar-refractivity contribution < 1.29 is 0 Å². The van der Waals surface area contributed by atoms with E-state index in [4.69, 9.17) is 5.26 Å². The summed E-state index contributed by atoms with van der Waals surface area (Å²) in [5.41, 5.74) is 4.06. The van der Waals surface area contributed by atoms with Gasteiger partial charge in [-0.15, -0.1) is 0 Å². The standard InChI is InChI=1S/C13H13N/c1-4-5-6-13-10(2)7-8-12(9-14)11(13)3/h4-8H,1H2,2-3H3. The molecule has 0 spiro atoms. The Hall–Kier alpha value is -1.81. The van der Waals surface area contributed by atoms with E-state index in [1.54, 1.807) is 6.08 Å². The average molecular weight is 183 g/mol. The van der Waals surface area contributed by atoms with E-state index in [2.05, 4.69) is 12.6 Å². The Balaban J connectivity index is 3.33. The lowest BCUT2D eigenvalue weighted by molar-refractivity contribution is 1.32. The Kier molecular flexibility index (Phi) is 3.25. The summed E-state index contributed by atoms with van der Waals surface area (Å²) in [6.07, 6.45) is 5.60. The first-order valence-corrected chi connectivity index (χ1v) is 4.50. The fraction of sp³-hybridized carbons (Fsp3) is 0.154. The molecule has 1 heteroatoms. The van der Waals surface area contributed by atoms with Gasteiger partial charge in [-0.05, 0) is 36.6 Å². The maximum absolute atomic E-state index is 8.86. The molecule has 70 valence electrons. The van der Waals surface area contributed by atoms with Gasteiger partial charge in [0.05, 0.1) is 11.6 Å². The number of nitriles is 1. The molecule has 1 nitrogen and oxygen atoms in total. The minimum Gasteiger partial charge on any atom is -0.192 e. The van der Waals surface area contributed by atoms with Crippen LogP contribution in [0.15, 0.2) is 30.9 Å². The van der Waals surface area contributed by atoms with Crippen LogP contribution in [0.2, 0.25) is 0 Å². The lowest BCUT2D eigenvalue weighted by atomic mass is 9.98. The molecule has 0 atom stereocenters. The number of aryl methyl sites for hydroxylation is 1. The van der Waals surface area contributed by atoms with Gasteiger partial charge in [-0.25, -0.2) is 0 Å². The van der Waals surface area contributed by atoms with Crippen LogP contribution in [0.5, 0.6) is 0 Å². The van der Waals surface area contributed by atoms with E-state index in [0.717, 1.165) is 16.7 Å². The van der Waals surface area contributed by atoms with Crippen LogP contribution in [-0.2, 0) is 0 Å². The number of allylic oxidation sites excluding steroid dienone is 2. The Labute approximate surface area is 85.0 Å². The Bertz CT molecular complexity index is 420.